The molecule has 1 heterocycles. The smallest absolute Gasteiger partial charge is 0.243 e. The SMILES string of the molecule is CN1C(=O)[C@@H]([C@@H](O)c2ccccc2)Sc2ccccc21. The van der Waals surface area contributed by atoms with E-state index < -0.39 is 11.4 Å². The van der Waals surface area contributed by atoms with Gasteiger partial charge in [-0.25, -0.2) is 0 Å². The van der Waals surface area contributed by atoms with Gasteiger partial charge in [-0.15, -0.1) is 11.8 Å². The van der Waals surface area contributed by atoms with Gasteiger partial charge in [0, 0.05) is 11.9 Å². The zero-order valence-corrected chi connectivity index (χ0v) is 11.9. The maximum atomic E-state index is 12.4. The highest BCUT2D eigenvalue weighted by molar-refractivity contribution is 8.01. The van der Waals surface area contributed by atoms with E-state index in [1.807, 2.05) is 54.6 Å². The van der Waals surface area contributed by atoms with E-state index in [0.717, 1.165) is 16.1 Å². The van der Waals surface area contributed by atoms with Crippen molar-refractivity contribution in [3.05, 3.63) is 60.2 Å². The first-order valence-corrected chi connectivity index (χ1v) is 7.32. The van der Waals surface area contributed by atoms with Crippen LogP contribution in [-0.2, 0) is 4.79 Å². The number of hydrogen-bond acceptors (Lipinski definition) is 3. The van der Waals surface area contributed by atoms with E-state index in [-0.39, 0.29) is 5.91 Å². The molecule has 0 spiro atoms. The summed E-state index contributed by atoms with van der Waals surface area (Å²) in [6.45, 7) is 0. The van der Waals surface area contributed by atoms with Crippen LogP contribution in [-0.4, -0.2) is 23.3 Å². The molecule has 1 aliphatic rings. The van der Waals surface area contributed by atoms with Crippen LogP contribution in [0.2, 0.25) is 0 Å². The Kier molecular flexibility index (Phi) is 3.51. The highest BCUT2D eigenvalue weighted by Crippen LogP contribution is 2.42. The van der Waals surface area contributed by atoms with Gasteiger partial charge in [-0.05, 0) is 17.7 Å². The first-order chi connectivity index (χ1) is 9.68. The maximum absolute atomic E-state index is 12.4. The minimum absolute atomic E-state index is 0.0648. The average Bonchev–Trinajstić information content (AvgIpc) is 2.51. The fourth-order valence-electron chi connectivity index (χ4n) is 2.36. The second-order valence-electron chi connectivity index (χ2n) is 4.76. The molecule has 20 heavy (non-hydrogen) atoms. The quantitative estimate of drug-likeness (QED) is 0.922. The van der Waals surface area contributed by atoms with Gasteiger partial charge in [0.2, 0.25) is 5.91 Å². The van der Waals surface area contributed by atoms with Crippen molar-refractivity contribution in [3.8, 4) is 0 Å². The molecule has 1 N–H and O–H groups in total. The van der Waals surface area contributed by atoms with E-state index in [9.17, 15) is 9.90 Å². The van der Waals surface area contributed by atoms with Gasteiger partial charge in [-0.2, -0.15) is 0 Å². The Morgan fingerprint density at radius 1 is 1.10 bits per heavy atom. The molecule has 0 unspecified atom stereocenters. The van der Waals surface area contributed by atoms with Gasteiger partial charge in [0.25, 0.3) is 0 Å². The number of anilines is 1. The summed E-state index contributed by atoms with van der Waals surface area (Å²) in [5, 5.41) is 9.99. The Balaban J connectivity index is 1.94. The van der Waals surface area contributed by atoms with Gasteiger partial charge in [0.15, 0.2) is 0 Å². The average molecular weight is 285 g/mol. The molecule has 0 aliphatic carbocycles. The molecule has 2 aromatic carbocycles. The summed E-state index contributed by atoms with van der Waals surface area (Å²) >= 11 is 1.43. The van der Waals surface area contributed by atoms with Crippen LogP contribution in [0.1, 0.15) is 11.7 Å². The largest absolute Gasteiger partial charge is 0.387 e. The molecule has 2 atom stereocenters. The van der Waals surface area contributed by atoms with Gasteiger partial charge in [-0.1, -0.05) is 42.5 Å². The van der Waals surface area contributed by atoms with Crippen LogP contribution >= 0.6 is 11.8 Å². The third kappa shape index (κ3) is 2.21. The van der Waals surface area contributed by atoms with Crippen molar-refractivity contribution in [2.45, 2.75) is 16.2 Å². The molecule has 2 aromatic rings. The van der Waals surface area contributed by atoms with E-state index in [2.05, 4.69) is 0 Å². The number of aliphatic hydroxyl groups excluding tert-OH is 1. The van der Waals surface area contributed by atoms with Gasteiger partial charge in [0.05, 0.1) is 5.69 Å². The maximum Gasteiger partial charge on any atom is 0.243 e. The molecule has 0 saturated heterocycles. The lowest BCUT2D eigenvalue weighted by Gasteiger charge is -2.33. The molecule has 0 bridgehead atoms. The van der Waals surface area contributed by atoms with Crippen LogP contribution in [0.25, 0.3) is 0 Å². The van der Waals surface area contributed by atoms with E-state index in [0.29, 0.717) is 0 Å². The third-order valence-electron chi connectivity index (χ3n) is 3.48. The minimum atomic E-state index is -0.801. The Bertz CT molecular complexity index is 629. The van der Waals surface area contributed by atoms with Crippen molar-refractivity contribution in [2.75, 3.05) is 11.9 Å². The first-order valence-electron chi connectivity index (χ1n) is 6.45. The van der Waals surface area contributed by atoms with Crippen LogP contribution in [0.15, 0.2) is 59.5 Å². The summed E-state index contributed by atoms with van der Waals surface area (Å²) in [5.41, 5.74) is 1.67. The minimum Gasteiger partial charge on any atom is -0.387 e. The Morgan fingerprint density at radius 2 is 1.75 bits per heavy atom. The van der Waals surface area contributed by atoms with Gasteiger partial charge in [-0.3, -0.25) is 4.79 Å². The first kappa shape index (κ1) is 13.2. The number of rotatable bonds is 2. The Hall–Kier alpha value is -1.78. The lowest BCUT2D eigenvalue weighted by atomic mass is 10.1. The van der Waals surface area contributed by atoms with Crippen LogP contribution in [0.4, 0.5) is 5.69 Å². The van der Waals surface area contributed by atoms with Crippen molar-refractivity contribution in [2.24, 2.45) is 0 Å². The zero-order valence-electron chi connectivity index (χ0n) is 11.1. The molecule has 1 amide bonds. The number of thioether (sulfide) groups is 1. The standard InChI is InChI=1S/C16H15NO2S/c1-17-12-9-5-6-10-13(12)20-15(16(17)19)14(18)11-7-3-2-4-8-11/h2-10,14-15,18H,1H3/t14-,15+/m0/s1. The van der Waals surface area contributed by atoms with Crippen LogP contribution < -0.4 is 4.90 Å². The van der Waals surface area contributed by atoms with E-state index in [1.54, 1.807) is 11.9 Å². The molecule has 102 valence electrons. The van der Waals surface area contributed by atoms with E-state index in [1.165, 1.54) is 11.8 Å². The van der Waals surface area contributed by atoms with Gasteiger partial charge in [0.1, 0.15) is 11.4 Å². The number of fused-ring (bicyclic) bond motifs is 1. The highest BCUT2D eigenvalue weighted by Gasteiger charge is 2.36. The molecule has 0 aromatic heterocycles. The molecule has 4 heteroatoms. The summed E-state index contributed by atoms with van der Waals surface area (Å²) in [4.78, 5) is 15.1. The van der Waals surface area contributed by atoms with Crippen LogP contribution in [0.5, 0.6) is 0 Å². The predicted octanol–water partition coefficient (Wildman–Crippen LogP) is 2.86. The summed E-state index contributed by atoms with van der Waals surface area (Å²) in [6, 6.07) is 17.1. The number of carbonyl (C=O) groups excluding carboxylic acids is 1. The number of carbonyl (C=O) groups is 1. The lowest BCUT2D eigenvalue weighted by molar-refractivity contribution is -0.119. The molecule has 0 radical (unpaired) electrons. The normalized spacial score (nSPS) is 19.6. The molecule has 0 fully saturated rings. The summed E-state index contributed by atoms with van der Waals surface area (Å²) in [7, 11) is 1.76. The highest BCUT2D eigenvalue weighted by atomic mass is 32.2. The number of benzene rings is 2. The monoisotopic (exact) mass is 285 g/mol. The number of aliphatic hydroxyl groups is 1. The second-order valence-corrected chi connectivity index (χ2v) is 5.94. The summed E-state index contributed by atoms with van der Waals surface area (Å²) in [5.74, 6) is -0.0648. The Labute approximate surface area is 122 Å². The molecule has 1 aliphatic heterocycles. The number of nitrogens with zero attached hydrogens (tertiary/aromatic N) is 1. The van der Waals surface area contributed by atoms with Crippen molar-refractivity contribution < 1.29 is 9.90 Å². The third-order valence-corrected chi connectivity index (χ3v) is 4.79. The summed E-state index contributed by atoms with van der Waals surface area (Å²) in [6.07, 6.45) is -0.801. The zero-order chi connectivity index (χ0) is 14.1. The molecule has 3 nitrogen and oxygen atoms in total. The molecule has 3 rings (SSSR count). The van der Waals surface area contributed by atoms with Crippen molar-refractivity contribution in [1.82, 2.24) is 0 Å². The fourth-order valence-corrected chi connectivity index (χ4v) is 3.66. The topological polar surface area (TPSA) is 40.5 Å². The number of para-hydroxylation sites is 1. The Morgan fingerprint density at radius 3 is 2.50 bits per heavy atom. The number of hydrogen-bond donors (Lipinski definition) is 1. The van der Waals surface area contributed by atoms with E-state index >= 15 is 0 Å². The predicted molar refractivity (Wildman–Crippen MR) is 80.9 cm³/mol. The van der Waals surface area contributed by atoms with Crippen molar-refractivity contribution in [1.29, 1.82) is 0 Å². The van der Waals surface area contributed by atoms with Gasteiger partial charge < -0.3 is 10.0 Å². The summed E-state index contributed by atoms with van der Waals surface area (Å²) < 4.78 is 0. The fraction of sp³-hybridized carbons (Fsp3) is 0.188. The molecule has 0 saturated carbocycles. The van der Waals surface area contributed by atoms with E-state index in [4.69, 9.17) is 0 Å². The van der Waals surface area contributed by atoms with Gasteiger partial charge >= 0.3 is 0 Å². The van der Waals surface area contributed by atoms with Crippen molar-refractivity contribution >= 4 is 23.4 Å². The lowest BCUT2D eigenvalue weighted by Crippen LogP contribution is -2.41. The molecular formula is C16H15NO2S. The number of amides is 1. The molecular weight excluding hydrogens is 270 g/mol. The van der Waals surface area contributed by atoms with Crippen LogP contribution in [0, 0.1) is 0 Å². The van der Waals surface area contributed by atoms with Crippen LogP contribution in [0.3, 0.4) is 0 Å². The second kappa shape index (κ2) is 5.31. The van der Waals surface area contributed by atoms with Crippen molar-refractivity contribution in [3.63, 3.8) is 0 Å².